The van der Waals surface area contributed by atoms with Crippen molar-refractivity contribution in [2.75, 3.05) is 0 Å². The summed E-state index contributed by atoms with van der Waals surface area (Å²) in [7, 11) is 0. The summed E-state index contributed by atoms with van der Waals surface area (Å²) >= 11 is 7.48. The molecular formula is C17H12ClN5OS. The van der Waals surface area contributed by atoms with Crippen molar-refractivity contribution >= 4 is 23.4 Å². The topological polar surface area (TPSA) is 69.6 Å². The van der Waals surface area contributed by atoms with Crippen LogP contribution in [0.2, 0.25) is 5.02 Å². The normalized spacial score (nSPS) is 10.9. The van der Waals surface area contributed by atoms with E-state index in [-0.39, 0.29) is 0 Å². The first-order chi connectivity index (χ1) is 12.3. The van der Waals surface area contributed by atoms with Gasteiger partial charge in [0.2, 0.25) is 11.0 Å². The van der Waals surface area contributed by atoms with E-state index < -0.39 is 0 Å². The van der Waals surface area contributed by atoms with Crippen LogP contribution in [0.1, 0.15) is 5.89 Å². The lowest BCUT2D eigenvalue weighted by atomic mass is 10.2. The van der Waals surface area contributed by atoms with Crippen LogP contribution in [-0.4, -0.2) is 25.2 Å². The van der Waals surface area contributed by atoms with E-state index in [0.717, 1.165) is 17.0 Å². The van der Waals surface area contributed by atoms with Gasteiger partial charge in [0.15, 0.2) is 5.76 Å². The molecule has 0 bridgehead atoms. The number of aromatic nitrogens is 5. The van der Waals surface area contributed by atoms with Crippen molar-refractivity contribution < 1.29 is 4.42 Å². The Hall–Kier alpha value is -2.64. The van der Waals surface area contributed by atoms with Gasteiger partial charge in [-0.15, -0.1) is 5.10 Å². The predicted molar refractivity (Wildman–Crippen MR) is 95.7 cm³/mol. The number of oxazole rings is 1. The van der Waals surface area contributed by atoms with E-state index in [4.69, 9.17) is 16.0 Å². The molecule has 0 spiro atoms. The number of rotatable bonds is 5. The third-order valence-electron chi connectivity index (χ3n) is 3.43. The van der Waals surface area contributed by atoms with Gasteiger partial charge < -0.3 is 4.42 Å². The van der Waals surface area contributed by atoms with E-state index in [1.165, 1.54) is 11.8 Å². The average Bonchev–Trinajstić information content (AvgIpc) is 3.30. The maximum atomic E-state index is 6.03. The van der Waals surface area contributed by atoms with Gasteiger partial charge in [0.1, 0.15) is 0 Å². The van der Waals surface area contributed by atoms with Gasteiger partial charge in [-0.05, 0) is 28.6 Å². The first-order valence-electron chi connectivity index (χ1n) is 7.47. The van der Waals surface area contributed by atoms with Crippen LogP contribution in [0, 0.1) is 0 Å². The predicted octanol–water partition coefficient (Wildman–Crippen LogP) is 4.26. The number of thioether (sulfide) groups is 1. The van der Waals surface area contributed by atoms with Gasteiger partial charge in [0.25, 0.3) is 0 Å². The Bertz CT molecular complexity index is 985. The minimum absolute atomic E-state index is 0.522. The summed E-state index contributed by atoms with van der Waals surface area (Å²) in [6.45, 7) is 0. The van der Waals surface area contributed by atoms with E-state index in [2.05, 4.69) is 20.5 Å². The molecule has 2 aromatic heterocycles. The highest BCUT2D eigenvalue weighted by Gasteiger charge is 2.12. The summed E-state index contributed by atoms with van der Waals surface area (Å²) in [5.41, 5.74) is 1.80. The second-order valence-electron chi connectivity index (χ2n) is 5.13. The first kappa shape index (κ1) is 15.9. The Morgan fingerprint density at radius 1 is 1.08 bits per heavy atom. The largest absolute Gasteiger partial charge is 0.440 e. The van der Waals surface area contributed by atoms with E-state index in [1.54, 1.807) is 23.0 Å². The van der Waals surface area contributed by atoms with Crippen molar-refractivity contribution in [3.8, 4) is 17.0 Å². The average molecular weight is 370 g/mol. The summed E-state index contributed by atoms with van der Waals surface area (Å²) in [6.07, 6.45) is 1.73. The Labute approximate surface area is 152 Å². The van der Waals surface area contributed by atoms with Crippen LogP contribution < -0.4 is 0 Å². The Morgan fingerprint density at radius 3 is 2.80 bits per heavy atom. The molecule has 0 atom stereocenters. The van der Waals surface area contributed by atoms with Gasteiger partial charge >= 0.3 is 0 Å². The molecule has 0 saturated heterocycles. The highest BCUT2D eigenvalue weighted by Crippen LogP contribution is 2.26. The van der Waals surface area contributed by atoms with Gasteiger partial charge in [0.05, 0.1) is 17.6 Å². The van der Waals surface area contributed by atoms with Gasteiger partial charge in [-0.25, -0.2) is 4.98 Å². The van der Waals surface area contributed by atoms with Crippen LogP contribution in [0.15, 0.2) is 70.4 Å². The molecule has 0 fully saturated rings. The number of benzene rings is 2. The minimum Gasteiger partial charge on any atom is -0.440 e. The van der Waals surface area contributed by atoms with E-state index in [1.807, 2.05) is 42.5 Å². The molecule has 8 heteroatoms. The van der Waals surface area contributed by atoms with Crippen molar-refractivity contribution in [1.82, 2.24) is 25.2 Å². The Morgan fingerprint density at radius 2 is 1.96 bits per heavy atom. The quantitative estimate of drug-likeness (QED) is 0.489. The van der Waals surface area contributed by atoms with Crippen LogP contribution in [0.4, 0.5) is 0 Å². The molecule has 0 radical (unpaired) electrons. The summed E-state index contributed by atoms with van der Waals surface area (Å²) < 4.78 is 7.44. The van der Waals surface area contributed by atoms with Crippen LogP contribution in [-0.2, 0) is 5.75 Å². The molecule has 2 heterocycles. The molecular weight excluding hydrogens is 358 g/mol. The molecule has 0 N–H and O–H groups in total. The molecule has 2 aromatic carbocycles. The zero-order valence-electron chi connectivity index (χ0n) is 12.9. The standard InChI is InChI=1S/C17H12ClN5OS/c18-13-7-4-8-14(9-13)23-17(20-21-22-23)25-11-16-19-10-15(24-16)12-5-2-1-3-6-12/h1-10H,11H2. The lowest BCUT2D eigenvalue weighted by Gasteiger charge is -2.03. The highest BCUT2D eigenvalue weighted by atomic mass is 35.5. The van der Waals surface area contributed by atoms with Crippen molar-refractivity contribution in [2.24, 2.45) is 0 Å². The zero-order valence-corrected chi connectivity index (χ0v) is 14.5. The third kappa shape index (κ3) is 3.57. The minimum atomic E-state index is 0.522. The fourth-order valence-corrected chi connectivity index (χ4v) is 3.21. The van der Waals surface area contributed by atoms with Crippen molar-refractivity contribution in [3.63, 3.8) is 0 Å². The lowest BCUT2D eigenvalue weighted by Crippen LogP contribution is -1.99. The number of tetrazole rings is 1. The molecule has 4 aromatic rings. The Kier molecular flexibility index (Phi) is 4.49. The number of hydrogen-bond donors (Lipinski definition) is 0. The maximum Gasteiger partial charge on any atom is 0.214 e. The second-order valence-corrected chi connectivity index (χ2v) is 6.51. The van der Waals surface area contributed by atoms with Crippen molar-refractivity contribution in [2.45, 2.75) is 10.9 Å². The van der Waals surface area contributed by atoms with Crippen LogP contribution in [0.25, 0.3) is 17.0 Å². The second kappa shape index (κ2) is 7.08. The van der Waals surface area contributed by atoms with Gasteiger partial charge in [-0.3, -0.25) is 0 Å². The molecule has 0 amide bonds. The van der Waals surface area contributed by atoms with E-state index in [9.17, 15) is 0 Å². The molecule has 0 unspecified atom stereocenters. The van der Waals surface area contributed by atoms with E-state index >= 15 is 0 Å². The van der Waals surface area contributed by atoms with Crippen LogP contribution in [0.5, 0.6) is 0 Å². The summed E-state index contributed by atoms with van der Waals surface area (Å²) in [4.78, 5) is 4.32. The molecule has 0 aliphatic heterocycles. The molecule has 25 heavy (non-hydrogen) atoms. The summed E-state index contributed by atoms with van der Waals surface area (Å²) in [6, 6.07) is 17.2. The molecule has 0 aliphatic carbocycles. The zero-order chi connectivity index (χ0) is 17.1. The monoisotopic (exact) mass is 369 g/mol. The number of nitrogens with zero attached hydrogens (tertiary/aromatic N) is 5. The molecule has 0 saturated carbocycles. The molecule has 124 valence electrons. The Balaban J connectivity index is 1.50. The van der Waals surface area contributed by atoms with Gasteiger partial charge in [-0.1, -0.05) is 59.8 Å². The molecule has 4 rings (SSSR count). The van der Waals surface area contributed by atoms with E-state index in [0.29, 0.717) is 21.8 Å². The first-order valence-corrected chi connectivity index (χ1v) is 8.83. The molecule has 6 nitrogen and oxygen atoms in total. The van der Waals surface area contributed by atoms with Gasteiger partial charge in [-0.2, -0.15) is 4.68 Å². The molecule has 0 aliphatic rings. The van der Waals surface area contributed by atoms with Gasteiger partial charge in [0, 0.05) is 10.6 Å². The van der Waals surface area contributed by atoms with Crippen LogP contribution >= 0.6 is 23.4 Å². The SMILES string of the molecule is Clc1cccc(-n2nnnc2SCc2ncc(-c3ccccc3)o2)c1. The maximum absolute atomic E-state index is 6.03. The van der Waals surface area contributed by atoms with Crippen LogP contribution in [0.3, 0.4) is 0 Å². The smallest absolute Gasteiger partial charge is 0.214 e. The van der Waals surface area contributed by atoms with Crippen molar-refractivity contribution in [1.29, 1.82) is 0 Å². The summed E-state index contributed by atoms with van der Waals surface area (Å²) in [5, 5.41) is 13.1. The lowest BCUT2D eigenvalue weighted by molar-refractivity contribution is 0.529. The highest BCUT2D eigenvalue weighted by molar-refractivity contribution is 7.98. The number of hydrogen-bond acceptors (Lipinski definition) is 6. The fraction of sp³-hybridized carbons (Fsp3) is 0.0588. The van der Waals surface area contributed by atoms with Crippen molar-refractivity contribution in [3.05, 3.63) is 71.7 Å². The number of halogens is 1. The fourth-order valence-electron chi connectivity index (χ4n) is 2.28. The third-order valence-corrected chi connectivity index (χ3v) is 4.57. The summed E-state index contributed by atoms with van der Waals surface area (Å²) in [5.74, 6) is 1.88.